The van der Waals surface area contributed by atoms with E-state index in [4.69, 9.17) is 4.74 Å². The molecule has 2 saturated heterocycles. The molecule has 0 saturated carbocycles. The lowest BCUT2D eigenvalue weighted by Crippen LogP contribution is -2.48. The minimum Gasteiger partial charge on any atom is -0.444 e. The van der Waals surface area contributed by atoms with Crippen LogP contribution in [0.1, 0.15) is 39.7 Å². The Morgan fingerprint density at radius 2 is 1.91 bits per heavy atom. The number of piperidine rings is 1. The number of hydrogen-bond donors (Lipinski definition) is 2. The molecule has 2 aliphatic heterocycles. The third kappa shape index (κ3) is 5.97. The lowest BCUT2D eigenvalue weighted by Gasteiger charge is -2.36. The van der Waals surface area contributed by atoms with E-state index >= 15 is 0 Å². The van der Waals surface area contributed by atoms with Gasteiger partial charge >= 0.3 is 6.09 Å². The summed E-state index contributed by atoms with van der Waals surface area (Å²) in [6.07, 6.45) is 1.61. The number of carbonyl (C=O) groups is 3. The van der Waals surface area contributed by atoms with Gasteiger partial charge in [0.05, 0.1) is 11.6 Å². The van der Waals surface area contributed by atoms with Gasteiger partial charge in [-0.15, -0.1) is 0 Å². The summed E-state index contributed by atoms with van der Waals surface area (Å²) in [5.41, 5.74) is 0.0735. The number of piperazine rings is 1. The number of carbonyl (C=O) groups excluding carboxylic acids is 3. The molecule has 0 spiro atoms. The van der Waals surface area contributed by atoms with Crippen molar-refractivity contribution in [3.8, 4) is 0 Å². The van der Waals surface area contributed by atoms with Gasteiger partial charge in [0.15, 0.2) is 0 Å². The molecule has 2 N–H and O–H groups in total. The maximum Gasteiger partial charge on any atom is 0.407 e. The van der Waals surface area contributed by atoms with Gasteiger partial charge in [-0.2, -0.15) is 5.10 Å². The number of alkyl carbamates (subject to hydrolysis) is 1. The van der Waals surface area contributed by atoms with Gasteiger partial charge in [-0.3, -0.25) is 24.6 Å². The SMILES string of the molecule is CC(C)(C)OC(=O)NCCN1CCN(c2ccc3cnn(C4CCC(=O)NC4=O)c(=O)c3c2)CC1. The number of ether oxygens (including phenoxy) is 1. The highest BCUT2D eigenvalue weighted by Crippen LogP contribution is 2.22. The van der Waals surface area contributed by atoms with Crippen LogP contribution in [0.3, 0.4) is 0 Å². The molecular weight excluding hydrogens is 452 g/mol. The van der Waals surface area contributed by atoms with Crippen molar-refractivity contribution in [3.63, 3.8) is 0 Å². The number of imide groups is 1. The molecule has 11 nitrogen and oxygen atoms in total. The summed E-state index contributed by atoms with van der Waals surface area (Å²) in [4.78, 5) is 53.1. The fourth-order valence-electron chi connectivity index (χ4n) is 4.34. The Kier molecular flexibility index (Phi) is 7.06. The first-order chi connectivity index (χ1) is 16.6. The van der Waals surface area contributed by atoms with Gasteiger partial charge in [0.2, 0.25) is 5.91 Å². The van der Waals surface area contributed by atoms with Crippen molar-refractivity contribution < 1.29 is 19.1 Å². The topological polar surface area (TPSA) is 126 Å². The van der Waals surface area contributed by atoms with Crippen molar-refractivity contribution in [2.75, 3.05) is 44.2 Å². The maximum atomic E-state index is 13.2. The first-order valence-electron chi connectivity index (χ1n) is 11.9. The molecule has 1 atom stereocenters. The van der Waals surface area contributed by atoms with Crippen LogP contribution in [0.5, 0.6) is 0 Å². The summed E-state index contributed by atoms with van der Waals surface area (Å²) in [6.45, 7) is 9.95. The van der Waals surface area contributed by atoms with Crippen LogP contribution in [0, 0.1) is 0 Å². The van der Waals surface area contributed by atoms with Gasteiger partial charge in [0, 0.05) is 56.8 Å². The fraction of sp³-hybridized carbons (Fsp3) is 0.542. The predicted molar refractivity (Wildman–Crippen MR) is 130 cm³/mol. The van der Waals surface area contributed by atoms with Crippen molar-refractivity contribution in [3.05, 3.63) is 34.7 Å². The number of nitrogens with one attached hydrogen (secondary N) is 2. The molecule has 1 aromatic heterocycles. The van der Waals surface area contributed by atoms with Gasteiger partial charge < -0.3 is 15.0 Å². The summed E-state index contributed by atoms with van der Waals surface area (Å²) in [7, 11) is 0. The summed E-state index contributed by atoms with van der Waals surface area (Å²) in [6, 6.07) is 4.90. The molecule has 0 radical (unpaired) electrons. The van der Waals surface area contributed by atoms with Crippen LogP contribution in [0.15, 0.2) is 29.2 Å². The van der Waals surface area contributed by atoms with Crippen LogP contribution in [-0.2, 0) is 14.3 Å². The van der Waals surface area contributed by atoms with Gasteiger partial charge in [0.25, 0.3) is 11.5 Å². The number of fused-ring (bicyclic) bond motifs is 1. The highest BCUT2D eigenvalue weighted by Gasteiger charge is 2.30. The Morgan fingerprint density at radius 3 is 2.60 bits per heavy atom. The van der Waals surface area contributed by atoms with E-state index in [0.29, 0.717) is 17.3 Å². The first kappa shape index (κ1) is 24.6. The van der Waals surface area contributed by atoms with Crippen molar-refractivity contribution in [1.29, 1.82) is 0 Å². The molecule has 3 heterocycles. The smallest absolute Gasteiger partial charge is 0.407 e. The molecule has 1 aromatic carbocycles. The molecule has 0 aliphatic carbocycles. The van der Waals surface area contributed by atoms with Crippen LogP contribution >= 0.6 is 0 Å². The van der Waals surface area contributed by atoms with Gasteiger partial charge in [-0.05, 0) is 39.3 Å². The van der Waals surface area contributed by atoms with Crippen molar-refractivity contribution in [2.45, 2.75) is 45.3 Å². The van der Waals surface area contributed by atoms with Crippen LogP contribution < -0.4 is 21.1 Å². The Morgan fingerprint density at radius 1 is 1.17 bits per heavy atom. The summed E-state index contributed by atoms with van der Waals surface area (Å²) >= 11 is 0. The van der Waals surface area contributed by atoms with Crippen LogP contribution in [0.25, 0.3) is 10.8 Å². The highest BCUT2D eigenvalue weighted by atomic mass is 16.6. The summed E-state index contributed by atoms with van der Waals surface area (Å²) < 4.78 is 6.44. The Bertz CT molecular complexity index is 1180. The largest absolute Gasteiger partial charge is 0.444 e. The Balaban J connectivity index is 1.38. The summed E-state index contributed by atoms with van der Waals surface area (Å²) in [5.74, 6) is -0.828. The highest BCUT2D eigenvalue weighted by molar-refractivity contribution is 5.99. The summed E-state index contributed by atoms with van der Waals surface area (Å²) in [5, 5.41) is 10.5. The van der Waals surface area contributed by atoms with E-state index in [1.165, 1.54) is 4.68 Å². The molecule has 3 amide bonds. The molecular formula is C24H32N6O5. The van der Waals surface area contributed by atoms with E-state index in [2.05, 4.69) is 25.5 Å². The average Bonchev–Trinajstić information content (AvgIpc) is 2.79. The second-order valence-corrected chi connectivity index (χ2v) is 9.89. The van der Waals surface area contributed by atoms with Crippen molar-refractivity contribution >= 4 is 34.4 Å². The van der Waals surface area contributed by atoms with Crippen LogP contribution in [-0.4, -0.2) is 77.5 Å². The van der Waals surface area contributed by atoms with Crippen LogP contribution in [0.4, 0.5) is 10.5 Å². The van der Waals surface area contributed by atoms with E-state index in [9.17, 15) is 19.2 Å². The standard InChI is InChI=1S/C24H32N6O5/c1-24(2,3)35-23(34)25-8-9-28-10-12-29(13-11-28)17-5-4-16-15-26-30(22(33)18(16)14-17)19-6-7-20(31)27-21(19)32/h4-5,14-15,19H,6-13H2,1-3H3,(H,25,34)(H,27,31,32). The molecule has 4 rings (SSSR count). The molecule has 35 heavy (non-hydrogen) atoms. The number of amides is 3. The zero-order valence-corrected chi connectivity index (χ0v) is 20.4. The zero-order chi connectivity index (χ0) is 25.2. The minimum absolute atomic E-state index is 0.181. The lowest BCUT2D eigenvalue weighted by atomic mass is 10.1. The van der Waals surface area contributed by atoms with Gasteiger partial charge in [0.1, 0.15) is 11.6 Å². The number of benzene rings is 1. The zero-order valence-electron chi connectivity index (χ0n) is 20.4. The number of aromatic nitrogens is 2. The number of anilines is 1. The third-order valence-corrected chi connectivity index (χ3v) is 6.14. The first-order valence-corrected chi connectivity index (χ1v) is 11.9. The van der Waals surface area contributed by atoms with Gasteiger partial charge in [-0.25, -0.2) is 9.48 Å². The Hall–Kier alpha value is -3.47. The van der Waals surface area contributed by atoms with Gasteiger partial charge in [-0.1, -0.05) is 6.07 Å². The number of hydrogen-bond acceptors (Lipinski definition) is 8. The monoisotopic (exact) mass is 484 g/mol. The van der Waals surface area contributed by atoms with E-state index in [1.54, 1.807) is 6.20 Å². The number of rotatable bonds is 5. The normalized spacial score (nSPS) is 19.5. The second-order valence-electron chi connectivity index (χ2n) is 9.89. The van der Waals surface area contributed by atoms with E-state index in [1.807, 2.05) is 39.0 Å². The fourth-order valence-corrected chi connectivity index (χ4v) is 4.34. The molecule has 188 valence electrons. The second kappa shape index (κ2) is 10.0. The molecule has 0 bridgehead atoms. The average molecular weight is 485 g/mol. The van der Waals surface area contributed by atoms with E-state index < -0.39 is 23.6 Å². The quantitative estimate of drug-likeness (QED) is 0.603. The lowest BCUT2D eigenvalue weighted by molar-refractivity contribution is -0.136. The molecule has 1 unspecified atom stereocenters. The molecule has 2 aliphatic rings. The van der Waals surface area contributed by atoms with E-state index in [-0.39, 0.29) is 24.3 Å². The van der Waals surface area contributed by atoms with Crippen LogP contribution in [0.2, 0.25) is 0 Å². The van der Waals surface area contributed by atoms with Crippen molar-refractivity contribution in [2.24, 2.45) is 0 Å². The van der Waals surface area contributed by atoms with E-state index in [0.717, 1.165) is 38.4 Å². The number of nitrogens with zero attached hydrogens (tertiary/aromatic N) is 4. The minimum atomic E-state index is -0.786. The predicted octanol–water partition coefficient (Wildman–Crippen LogP) is 1.02. The maximum absolute atomic E-state index is 13.2. The third-order valence-electron chi connectivity index (χ3n) is 6.14. The molecule has 11 heteroatoms. The molecule has 2 fully saturated rings. The Labute approximate surface area is 203 Å². The van der Waals surface area contributed by atoms with Crippen molar-refractivity contribution in [1.82, 2.24) is 25.3 Å². The molecule has 2 aromatic rings.